The zero-order chi connectivity index (χ0) is 11.2. The molecule has 2 nitrogen and oxygen atoms in total. The van der Waals surface area contributed by atoms with Crippen LogP contribution in [-0.2, 0) is 0 Å². The van der Waals surface area contributed by atoms with Crippen LogP contribution < -0.4 is 5.32 Å². The van der Waals surface area contributed by atoms with Crippen molar-refractivity contribution in [1.29, 1.82) is 0 Å². The largest absolute Gasteiger partial charge is 0.370 e. The lowest BCUT2D eigenvalue weighted by Gasteiger charge is -2.09. The summed E-state index contributed by atoms with van der Waals surface area (Å²) >= 11 is 5.77. The summed E-state index contributed by atoms with van der Waals surface area (Å²) in [6.45, 7) is 1.02. The first kappa shape index (κ1) is 11.7. The fraction of sp³-hybridized carbons (Fsp3) is 0.615. The van der Waals surface area contributed by atoms with Crippen molar-refractivity contribution in [3.8, 4) is 0 Å². The second kappa shape index (κ2) is 6.09. The number of anilines is 1. The van der Waals surface area contributed by atoms with Crippen molar-refractivity contribution >= 4 is 17.4 Å². The Hall–Kier alpha value is -0.760. The minimum Gasteiger partial charge on any atom is -0.370 e. The Kier molecular flexibility index (Phi) is 4.46. The molecule has 0 radical (unpaired) electrons. The summed E-state index contributed by atoms with van der Waals surface area (Å²) in [5.74, 6) is 1.91. The predicted molar refractivity (Wildman–Crippen MR) is 68.9 cm³/mol. The van der Waals surface area contributed by atoms with Crippen LogP contribution in [0.2, 0.25) is 5.02 Å². The SMILES string of the molecule is Clc1ccc(NCCCC2CCCC2)nc1. The molecule has 88 valence electrons. The molecule has 0 spiro atoms. The van der Waals surface area contributed by atoms with Gasteiger partial charge in [-0.15, -0.1) is 0 Å². The third kappa shape index (κ3) is 3.67. The van der Waals surface area contributed by atoms with E-state index in [1.54, 1.807) is 6.20 Å². The maximum atomic E-state index is 5.77. The molecule has 0 bridgehead atoms. The highest BCUT2D eigenvalue weighted by molar-refractivity contribution is 6.30. The van der Waals surface area contributed by atoms with E-state index < -0.39 is 0 Å². The molecule has 0 atom stereocenters. The Morgan fingerprint density at radius 2 is 2.12 bits per heavy atom. The first-order chi connectivity index (χ1) is 7.84. The van der Waals surface area contributed by atoms with E-state index in [-0.39, 0.29) is 0 Å². The van der Waals surface area contributed by atoms with Crippen LogP contribution in [0.3, 0.4) is 0 Å². The normalized spacial score (nSPS) is 16.6. The van der Waals surface area contributed by atoms with Gasteiger partial charge in [0, 0.05) is 12.7 Å². The van der Waals surface area contributed by atoms with Crippen LogP contribution in [-0.4, -0.2) is 11.5 Å². The molecule has 0 amide bonds. The van der Waals surface area contributed by atoms with E-state index in [2.05, 4.69) is 10.3 Å². The summed E-state index contributed by atoms with van der Waals surface area (Å²) in [7, 11) is 0. The zero-order valence-corrected chi connectivity index (χ0v) is 10.3. The molecule has 0 saturated heterocycles. The quantitative estimate of drug-likeness (QED) is 0.781. The van der Waals surface area contributed by atoms with E-state index >= 15 is 0 Å². The summed E-state index contributed by atoms with van der Waals surface area (Å²) < 4.78 is 0. The van der Waals surface area contributed by atoms with Gasteiger partial charge in [-0.2, -0.15) is 0 Å². The molecule has 2 rings (SSSR count). The van der Waals surface area contributed by atoms with Crippen molar-refractivity contribution in [3.05, 3.63) is 23.4 Å². The highest BCUT2D eigenvalue weighted by Crippen LogP contribution is 2.28. The molecule has 1 aromatic rings. The van der Waals surface area contributed by atoms with Gasteiger partial charge in [-0.3, -0.25) is 0 Å². The van der Waals surface area contributed by atoms with Gasteiger partial charge in [-0.05, 0) is 30.9 Å². The third-order valence-electron chi connectivity index (χ3n) is 3.30. The van der Waals surface area contributed by atoms with E-state index in [0.29, 0.717) is 5.02 Å². The monoisotopic (exact) mass is 238 g/mol. The van der Waals surface area contributed by atoms with Crippen LogP contribution in [0.4, 0.5) is 5.82 Å². The first-order valence-corrected chi connectivity index (χ1v) is 6.58. The minimum absolute atomic E-state index is 0.691. The van der Waals surface area contributed by atoms with Gasteiger partial charge in [-0.25, -0.2) is 4.98 Å². The minimum atomic E-state index is 0.691. The second-order valence-corrected chi connectivity index (χ2v) is 5.02. The van der Waals surface area contributed by atoms with Crippen molar-refractivity contribution in [2.45, 2.75) is 38.5 Å². The molecule has 1 aliphatic rings. The summed E-state index contributed by atoms with van der Waals surface area (Å²) in [4.78, 5) is 4.20. The van der Waals surface area contributed by atoms with Crippen LogP contribution in [0.1, 0.15) is 38.5 Å². The fourth-order valence-electron chi connectivity index (χ4n) is 2.39. The van der Waals surface area contributed by atoms with Crippen molar-refractivity contribution in [2.24, 2.45) is 5.92 Å². The maximum absolute atomic E-state index is 5.77. The van der Waals surface area contributed by atoms with Crippen LogP contribution in [0.25, 0.3) is 0 Å². The van der Waals surface area contributed by atoms with Gasteiger partial charge >= 0.3 is 0 Å². The molecule has 3 heteroatoms. The highest BCUT2D eigenvalue weighted by atomic mass is 35.5. The molecule has 0 aliphatic heterocycles. The average Bonchev–Trinajstić information content (AvgIpc) is 2.80. The summed E-state index contributed by atoms with van der Waals surface area (Å²) in [6, 6.07) is 3.80. The first-order valence-electron chi connectivity index (χ1n) is 6.20. The lowest BCUT2D eigenvalue weighted by atomic mass is 10.0. The molecule has 1 fully saturated rings. The van der Waals surface area contributed by atoms with Crippen LogP contribution in [0, 0.1) is 5.92 Å². The number of hydrogen-bond donors (Lipinski definition) is 1. The van der Waals surface area contributed by atoms with Gasteiger partial charge < -0.3 is 5.32 Å². The molecular weight excluding hydrogens is 220 g/mol. The Morgan fingerprint density at radius 1 is 1.31 bits per heavy atom. The van der Waals surface area contributed by atoms with E-state index in [1.165, 1.54) is 38.5 Å². The maximum Gasteiger partial charge on any atom is 0.125 e. The molecule has 1 aromatic heterocycles. The average molecular weight is 239 g/mol. The molecule has 1 heterocycles. The van der Waals surface area contributed by atoms with Crippen LogP contribution >= 0.6 is 11.6 Å². The highest BCUT2D eigenvalue weighted by Gasteiger charge is 2.13. The number of pyridine rings is 1. The number of nitrogens with zero attached hydrogens (tertiary/aromatic N) is 1. The van der Waals surface area contributed by atoms with Crippen LogP contribution in [0.5, 0.6) is 0 Å². The molecule has 0 aromatic carbocycles. The Morgan fingerprint density at radius 3 is 2.81 bits per heavy atom. The summed E-state index contributed by atoms with van der Waals surface area (Å²) in [5, 5.41) is 4.02. The van der Waals surface area contributed by atoms with E-state index in [1.807, 2.05) is 12.1 Å². The standard InChI is InChI=1S/C13H19ClN2/c14-12-7-8-13(16-10-12)15-9-3-6-11-4-1-2-5-11/h7-8,10-11H,1-6,9H2,(H,15,16). The third-order valence-corrected chi connectivity index (χ3v) is 3.52. The molecule has 0 unspecified atom stereocenters. The van der Waals surface area contributed by atoms with Crippen molar-refractivity contribution < 1.29 is 0 Å². The number of aromatic nitrogens is 1. The number of nitrogens with one attached hydrogen (secondary N) is 1. The Balaban J connectivity index is 1.62. The van der Waals surface area contributed by atoms with Crippen LogP contribution in [0.15, 0.2) is 18.3 Å². The molecule has 1 saturated carbocycles. The van der Waals surface area contributed by atoms with Gasteiger partial charge in [0.1, 0.15) is 5.82 Å². The van der Waals surface area contributed by atoms with Crippen molar-refractivity contribution in [3.63, 3.8) is 0 Å². The molecule has 16 heavy (non-hydrogen) atoms. The fourth-order valence-corrected chi connectivity index (χ4v) is 2.50. The Labute approximate surface area is 102 Å². The zero-order valence-electron chi connectivity index (χ0n) is 9.58. The van der Waals surface area contributed by atoms with Gasteiger partial charge in [-0.1, -0.05) is 37.3 Å². The van der Waals surface area contributed by atoms with E-state index in [0.717, 1.165) is 18.3 Å². The van der Waals surface area contributed by atoms with Crippen molar-refractivity contribution in [2.75, 3.05) is 11.9 Å². The van der Waals surface area contributed by atoms with E-state index in [4.69, 9.17) is 11.6 Å². The molecule has 1 aliphatic carbocycles. The number of rotatable bonds is 5. The molecular formula is C13H19ClN2. The molecule has 1 N–H and O–H groups in total. The number of hydrogen-bond acceptors (Lipinski definition) is 2. The van der Waals surface area contributed by atoms with Crippen molar-refractivity contribution in [1.82, 2.24) is 4.98 Å². The summed E-state index contributed by atoms with van der Waals surface area (Å²) in [6.07, 6.45) is 10.1. The lowest BCUT2D eigenvalue weighted by molar-refractivity contribution is 0.491. The van der Waals surface area contributed by atoms with E-state index in [9.17, 15) is 0 Å². The van der Waals surface area contributed by atoms with Gasteiger partial charge in [0.05, 0.1) is 5.02 Å². The topological polar surface area (TPSA) is 24.9 Å². The predicted octanol–water partition coefficient (Wildman–Crippen LogP) is 4.12. The van der Waals surface area contributed by atoms with Gasteiger partial charge in [0.25, 0.3) is 0 Å². The number of halogens is 1. The van der Waals surface area contributed by atoms with Gasteiger partial charge in [0.2, 0.25) is 0 Å². The van der Waals surface area contributed by atoms with Gasteiger partial charge in [0.15, 0.2) is 0 Å². The second-order valence-electron chi connectivity index (χ2n) is 4.58. The lowest BCUT2D eigenvalue weighted by Crippen LogP contribution is -2.05. The smallest absolute Gasteiger partial charge is 0.125 e. The summed E-state index contributed by atoms with van der Waals surface area (Å²) in [5.41, 5.74) is 0. The Bertz CT molecular complexity index is 304.